The first-order valence-corrected chi connectivity index (χ1v) is 12.1. The zero-order chi connectivity index (χ0) is 23.4. The van der Waals surface area contributed by atoms with Gasteiger partial charge in [-0.25, -0.2) is 4.79 Å². The molecule has 0 saturated carbocycles. The number of esters is 1. The lowest BCUT2D eigenvalue weighted by molar-refractivity contribution is -0.231. The van der Waals surface area contributed by atoms with E-state index >= 15 is 0 Å². The van der Waals surface area contributed by atoms with Gasteiger partial charge in [0, 0.05) is 0 Å². The van der Waals surface area contributed by atoms with E-state index in [0.29, 0.717) is 6.61 Å². The second-order valence-corrected chi connectivity index (χ2v) is 9.70. The Morgan fingerprint density at radius 1 is 1.09 bits per heavy atom. The summed E-state index contributed by atoms with van der Waals surface area (Å²) >= 11 is 0. The minimum absolute atomic E-state index is 0.0820. The van der Waals surface area contributed by atoms with Gasteiger partial charge in [-0.3, -0.25) is 4.57 Å². The molecule has 32 heavy (non-hydrogen) atoms. The minimum atomic E-state index is -3.94. The van der Waals surface area contributed by atoms with Crippen LogP contribution in [0.5, 0.6) is 0 Å². The van der Waals surface area contributed by atoms with E-state index in [9.17, 15) is 9.36 Å². The van der Waals surface area contributed by atoms with Gasteiger partial charge in [-0.05, 0) is 39.3 Å². The fraction of sp³-hybridized carbons (Fsp3) is 0.591. The zero-order valence-electron chi connectivity index (χ0n) is 19.0. The second kappa shape index (κ2) is 10.6. The lowest BCUT2D eigenvalue weighted by atomic mass is 10.1. The standard InChI is InChI=1S/C22H31O9P/c1-6-27-32(24,28-7-2)17(20(23)25-5)13-16-18-19(31-22(3,4)30-18)21(29-16)26-14-15-11-9-8-10-12-15/h8-13,16,18-19,21H,6-7,14H2,1-5H3/b17-13+/t16-,18+,19+,21+/m1/s1. The maximum absolute atomic E-state index is 13.3. The van der Waals surface area contributed by atoms with E-state index in [1.54, 1.807) is 27.7 Å². The number of fused-ring (bicyclic) bond motifs is 1. The Morgan fingerprint density at radius 3 is 2.31 bits per heavy atom. The summed E-state index contributed by atoms with van der Waals surface area (Å²) in [6.45, 7) is 7.35. The molecular formula is C22H31O9P. The van der Waals surface area contributed by atoms with E-state index in [1.165, 1.54) is 13.2 Å². The summed E-state index contributed by atoms with van der Waals surface area (Å²) in [5, 5.41) is -0.246. The summed E-state index contributed by atoms with van der Waals surface area (Å²) in [5.41, 5.74) is 0.970. The third-order valence-electron chi connectivity index (χ3n) is 4.91. The molecule has 2 aliphatic heterocycles. The average Bonchev–Trinajstić information content (AvgIpc) is 3.24. The monoisotopic (exact) mass is 470 g/mol. The molecule has 178 valence electrons. The molecule has 2 fully saturated rings. The lowest BCUT2D eigenvalue weighted by Gasteiger charge is -2.24. The first kappa shape index (κ1) is 25.1. The molecule has 0 unspecified atom stereocenters. The maximum atomic E-state index is 13.3. The molecule has 10 heteroatoms. The van der Waals surface area contributed by atoms with Crippen LogP contribution < -0.4 is 0 Å². The van der Waals surface area contributed by atoms with Crippen LogP contribution in [-0.2, 0) is 48.7 Å². The fourth-order valence-corrected chi connectivity index (χ4v) is 5.34. The van der Waals surface area contributed by atoms with E-state index in [2.05, 4.69) is 0 Å². The summed E-state index contributed by atoms with van der Waals surface area (Å²) in [6.07, 6.45) is -1.33. The number of carbonyl (C=O) groups excluding carboxylic acids is 1. The van der Waals surface area contributed by atoms with Gasteiger partial charge in [0.15, 0.2) is 12.1 Å². The highest BCUT2D eigenvalue weighted by atomic mass is 31.2. The Hall–Kier alpha value is -1.58. The van der Waals surface area contributed by atoms with Crippen molar-refractivity contribution in [3.8, 4) is 0 Å². The van der Waals surface area contributed by atoms with E-state index < -0.39 is 44.0 Å². The normalized spacial score (nSPS) is 27.3. The van der Waals surface area contributed by atoms with Crippen LogP contribution >= 0.6 is 7.60 Å². The Morgan fingerprint density at radius 2 is 1.72 bits per heavy atom. The molecule has 4 atom stereocenters. The second-order valence-electron chi connectivity index (χ2n) is 7.71. The predicted molar refractivity (Wildman–Crippen MR) is 115 cm³/mol. The SMILES string of the molecule is CCOP(=O)(OCC)/C(=C/[C@H]1O[C@H](OCc2ccccc2)[C@H]2OC(C)(C)O[C@H]21)C(=O)OC. The highest BCUT2D eigenvalue weighted by Gasteiger charge is 2.56. The van der Waals surface area contributed by atoms with Crippen LogP contribution in [0.4, 0.5) is 0 Å². The summed E-state index contributed by atoms with van der Waals surface area (Å²) < 4.78 is 52.9. The molecule has 0 spiro atoms. The van der Waals surface area contributed by atoms with Crippen LogP contribution in [0.25, 0.3) is 0 Å². The quantitative estimate of drug-likeness (QED) is 0.287. The molecular weight excluding hydrogens is 439 g/mol. The summed E-state index contributed by atoms with van der Waals surface area (Å²) in [6, 6.07) is 9.64. The molecule has 1 aromatic rings. The molecule has 0 bridgehead atoms. The Balaban J connectivity index is 1.88. The number of hydrogen-bond donors (Lipinski definition) is 0. The van der Waals surface area contributed by atoms with Crippen molar-refractivity contribution >= 4 is 13.6 Å². The van der Waals surface area contributed by atoms with Crippen molar-refractivity contribution in [2.75, 3.05) is 20.3 Å². The van der Waals surface area contributed by atoms with Crippen LogP contribution in [-0.4, -0.2) is 56.7 Å². The number of hydrogen-bond acceptors (Lipinski definition) is 9. The van der Waals surface area contributed by atoms with Crippen molar-refractivity contribution in [1.82, 2.24) is 0 Å². The Kier molecular flexibility index (Phi) is 8.27. The van der Waals surface area contributed by atoms with E-state index in [1.807, 2.05) is 30.3 Å². The van der Waals surface area contributed by atoms with Crippen LogP contribution in [0, 0.1) is 0 Å². The molecule has 9 nitrogen and oxygen atoms in total. The molecule has 0 amide bonds. The molecule has 2 saturated heterocycles. The first-order chi connectivity index (χ1) is 15.2. The summed E-state index contributed by atoms with van der Waals surface area (Å²) in [5.74, 6) is -1.71. The van der Waals surface area contributed by atoms with Crippen LogP contribution in [0.3, 0.4) is 0 Å². The zero-order valence-corrected chi connectivity index (χ0v) is 19.9. The Bertz CT molecular complexity index is 844. The number of carbonyl (C=O) groups is 1. The van der Waals surface area contributed by atoms with Gasteiger partial charge in [-0.15, -0.1) is 0 Å². The van der Waals surface area contributed by atoms with E-state index in [0.717, 1.165) is 5.56 Å². The first-order valence-electron chi connectivity index (χ1n) is 10.6. The minimum Gasteiger partial charge on any atom is -0.465 e. The fourth-order valence-electron chi connectivity index (χ4n) is 3.66. The molecule has 0 N–H and O–H groups in total. The maximum Gasteiger partial charge on any atom is 0.368 e. The molecule has 1 aromatic carbocycles. The van der Waals surface area contributed by atoms with Gasteiger partial charge < -0.3 is 32.7 Å². The number of rotatable bonds is 10. The van der Waals surface area contributed by atoms with Crippen molar-refractivity contribution in [3.05, 3.63) is 47.3 Å². The topological polar surface area (TPSA) is 98.8 Å². The third-order valence-corrected chi connectivity index (χ3v) is 7.03. The van der Waals surface area contributed by atoms with Crippen LogP contribution in [0.15, 0.2) is 41.7 Å². The predicted octanol–water partition coefficient (Wildman–Crippen LogP) is 3.77. The summed E-state index contributed by atoms with van der Waals surface area (Å²) in [7, 11) is -2.74. The molecule has 0 aliphatic carbocycles. The number of benzene rings is 1. The number of ether oxygens (including phenoxy) is 5. The van der Waals surface area contributed by atoms with Gasteiger partial charge in [-0.1, -0.05) is 30.3 Å². The van der Waals surface area contributed by atoms with Gasteiger partial charge in [0.1, 0.15) is 23.6 Å². The van der Waals surface area contributed by atoms with Gasteiger partial charge in [-0.2, -0.15) is 0 Å². The Labute approximate surface area is 188 Å². The smallest absolute Gasteiger partial charge is 0.368 e. The number of methoxy groups -OCH3 is 1. The molecule has 0 radical (unpaired) electrons. The third kappa shape index (κ3) is 5.66. The summed E-state index contributed by atoms with van der Waals surface area (Å²) in [4.78, 5) is 12.5. The van der Waals surface area contributed by atoms with Crippen LogP contribution in [0.2, 0.25) is 0 Å². The highest BCUT2D eigenvalue weighted by molar-refractivity contribution is 7.59. The van der Waals surface area contributed by atoms with Crippen molar-refractivity contribution < 1.29 is 42.1 Å². The van der Waals surface area contributed by atoms with Gasteiger partial charge in [0.2, 0.25) is 0 Å². The largest absolute Gasteiger partial charge is 0.465 e. The van der Waals surface area contributed by atoms with Crippen molar-refractivity contribution in [2.24, 2.45) is 0 Å². The van der Waals surface area contributed by atoms with Gasteiger partial charge in [0.25, 0.3) is 0 Å². The van der Waals surface area contributed by atoms with Gasteiger partial charge in [0.05, 0.1) is 26.9 Å². The molecule has 3 rings (SSSR count). The lowest BCUT2D eigenvalue weighted by Crippen LogP contribution is -2.31. The van der Waals surface area contributed by atoms with Crippen LogP contribution in [0.1, 0.15) is 33.3 Å². The molecule has 0 aromatic heterocycles. The van der Waals surface area contributed by atoms with Crippen molar-refractivity contribution in [1.29, 1.82) is 0 Å². The highest BCUT2D eigenvalue weighted by Crippen LogP contribution is 2.57. The van der Waals surface area contributed by atoms with E-state index in [-0.39, 0.29) is 18.5 Å². The molecule has 2 heterocycles. The average molecular weight is 470 g/mol. The molecule has 2 aliphatic rings. The van der Waals surface area contributed by atoms with Gasteiger partial charge >= 0.3 is 13.6 Å². The van der Waals surface area contributed by atoms with Crippen molar-refractivity contribution in [2.45, 2.75) is 64.7 Å². The van der Waals surface area contributed by atoms with Crippen molar-refractivity contribution in [3.63, 3.8) is 0 Å². The van der Waals surface area contributed by atoms with E-state index in [4.69, 9.17) is 32.7 Å².